The van der Waals surface area contributed by atoms with Crippen LogP contribution in [-0.2, 0) is 12.6 Å². The van der Waals surface area contributed by atoms with Gasteiger partial charge in [-0.25, -0.2) is 0 Å². The minimum Gasteiger partial charge on any atom is -0.339 e. The summed E-state index contributed by atoms with van der Waals surface area (Å²) in [6.07, 6.45) is -0.190. The molecule has 0 radical (unpaired) electrons. The molecule has 1 amide bonds. The molecular weight excluding hydrogens is 411 g/mol. The Morgan fingerprint density at radius 1 is 1.03 bits per heavy atom. The molecule has 0 aliphatic carbocycles. The third-order valence-corrected chi connectivity index (χ3v) is 4.31. The molecule has 3 heterocycles. The second-order valence-electron chi connectivity index (χ2n) is 6.47. The molecule has 1 N–H and O–H groups in total. The first-order chi connectivity index (χ1) is 14.9. The van der Waals surface area contributed by atoms with Crippen molar-refractivity contribution in [3.8, 4) is 11.4 Å². The number of aromatic nitrogens is 4. The van der Waals surface area contributed by atoms with Crippen LogP contribution in [0, 0.1) is 0 Å². The largest absolute Gasteiger partial charge is 0.433 e. The second kappa shape index (κ2) is 8.34. The number of alkyl halides is 3. The molecule has 0 aliphatic rings. The average molecular weight is 425 g/mol. The van der Waals surface area contributed by atoms with Gasteiger partial charge in [0.05, 0.1) is 12.0 Å². The van der Waals surface area contributed by atoms with Crippen molar-refractivity contribution in [2.24, 2.45) is 0 Å². The second-order valence-corrected chi connectivity index (χ2v) is 6.47. The van der Waals surface area contributed by atoms with Crippen LogP contribution < -0.4 is 5.32 Å². The number of amides is 1. The SMILES string of the molecule is O=C(Nc1ccccc1Cc1nc(-c2cccnc2)no1)c1ccc(C(F)(F)F)nc1. The van der Waals surface area contributed by atoms with Gasteiger partial charge in [0.2, 0.25) is 11.7 Å². The lowest BCUT2D eigenvalue weighted by atomic mass is 10.1. The fraction of sp³-hybridized carbons (Fsp3) is 0.0952. The van der Waals surface area contributed by atoms with Crippen molar-refractivity contribution in [2.45, 2.75) is 12.6 Å². The van der Waals surface area contributed by atoms with Gasteiger partial charge in [0, 0.05) is 29.8 Å². The normalized spacial score (nSPS) is 11.3. The Morgan fingerprint density at radius 3 is 2.58 bits per heavy atom. The van der Waals surface area contributed by atoms with Gasteiger partial charge >= 0.3 is 6.18 Å². The Morgan fingerprint density at radius 2 is 1.87 bits per heavy atom. The summed E-state index contributed by atoms with van der Waals surface area (Å²) < 4.78 is 43.2. The molecule has 4 aromatic rings. The van der Waals surface area contributed by atoms with Gasteiger partial charge in [-0.3, -0.25) is 14.8 Å². The smallest absolute Gasteiger partial charge is 0.339 e. The highest BCUT2D eigenvalue weighted by molar-refractivity contribution is 6.04. The minimum atomic E-state index is -4.57. The van der Waals surface area contributed by atoms with E-state index in [9.17, 15) is 18.0 Å². The molecule has 31 heavy (non-hydrogen) atoms. The van der Waals surface area contributed by atoms with Gasteiger partial charge in [-0.05, 0) is 35.9 Å². The summed E-state index contributed by atoms with van der Waals surface area (Å²) in [5, 5.41) is 6.62. The number of halogens is 3. The van der Waals surface area contributed by atoms with E-state index < -0.39 is 17.8 Å². The zero-order chi connectivity index (χ0) is 21.8. The highest BCUT2D eigenvalue weighted by atomic mass is 19.4. The van der Waals surface area contributed by atoms with Crippen LogP contribution in [0.1, 0.15) is 27.5 Å². The average Bonchev–Trinajstić information content (AvgIpc) is 3.24. The molecule has 1 aromatic carbocycles. The van der Waals surface area contributed by atoms with Crippen molar-refractivity contribution in [2.75, 3.05) is 5.32 Å². The summed E-state index contributed by atoms with van der Waals surface area (Å²) in [4.78, 5) is 24.1. The Balaban J connectivity index is 1.50. The van der Waals surface area contributed by atoms with Crippen LogP contribution >= 0.6 is 0 Å². The lowest BCUT2D eigenvalue weighted by Gasteiger charge is -2.10. The van der Waals surface area contributed by atoms with Crippen LogP contribution in [0.15, 0.2) is 71.6 Å². The topological polar surface area (TPSA) is 93.8 Å². The molecule has 10 heteroatoms. The predicted molar refractivity (Wildman–Crippen MR) is 104 cm³/mol. The highest BCUT2D eigenvalue weighted by Gasteiger charge is 2.32. The molecule has 0 unspecified atom stereocenters. The molecule has 0 atom stereocenters. The lowest BCUT2D eigenvalue weighted by Crippen LogP contribution is -2.15. The minimum absolute atomic E-state index is 0.000503. The van der Waals surface area contributed by atoms with Gasteiger partial charge in [0.15, 0.2) is 0 Å². The Hall–Kier alpha value is -4.08. The lowest BCUT2D eigenvalue weighted by molar-refractivity contribution is -0.141. The van der Waals surface area contributed by atoms with Gasteiger partial charge in [-0.1, -0.05) is 23.4 Å². The van der Waals surface area contributed by atoms with Gasteiger partial charge in [0.25, 0.3) is 5.91 Å². The van der Waals surface area contributed by atoms with Gasteiger partial charge in [-0.15, -0.1) is 0 Å². The van der Waals surface area contributed by atoms with Crippen molar-refractivity contribution >= 4 is 11.6 Å². The van der Waals surface area contributed by atoms with Crippen molar-refractivity contribution in [1.29, 1.82) is 0 Å². The summed E-state index contributed by atoms with van der Waals surface area (Å²) in [5.41, 5.74) is 0.796. The number of benzene rings is 1. The molecule has 4 rings (SSSR count). The molecule has 0 fully saturated rings. The van der Waals surface area contributed by atoms with Crippen molar-refractivity contribution < 1.29 is 22.5 Å². The molecule has 156 valence electrons. The number of nitrogens with one attached hydrogen (secondary N) is 1. The molecule has 0 saturated carbocycles. The maximum Gasteiger partial charge on any atom is 0.433 e. The number of pyridine rings is 2. The van der Waals surface area contributed by atoms with E-state index in [1.54, 1.807) is 48.8 Å². The first kappa shape index (κ1) is 20.2. The van der Waals surface area contributed by atoms with E-state index in [0.717, 1.165) is 18.3 Å². The number of carbonyl (C=O) groups excluding carboxylic acids is 1. The monoisotopic (exact) mass is 425 g/mol. The van der Waals surface area contributed by atoms with Crippen LogP contribution in [0.25, 0.3) is 11.4 Å². The molecule has 0 spiro atoms. The number of hydrogen-bond donors (Lipinski definition) is 1. The maximum atomic E-state index is 12.7. The summed E-state index contributed by atoms with van der Waals surface area (Å²) in [6, 6.07) is 12.3. The van der Waals surface area contributed by atoms with E-state index in [1.807, 2.05) is 0 Å². The number of anilines is 1. The number of nitrogens with zero attached hydrogens (tertiary/aromatic N) is 4. The fourth-order valence-corrected chi connectivity index (χ4v) is 2.79. The van der Waals surface area contributed by atoms with E-state index in [-0.39, 0.29) is 12.0 Å². The Labute approximate surface area is 174 Å². The molecule has 3 aromatic heterocycles. The number of para-hydroxylation sites is 1. The standard InChI is InChI=1S/C21H14F3N5O2/c22-21(23,24)17-8-7-15(12-26-17)20(30)27-16-6-2-1-4-13(16)10-18-28-19(29-31-18)14-5-3-9-25-11-14/h1-9,11-12H,10H2,(H,27,30). The summed E-state index contributed by atoms with van der Waals surface area (Å²) in [5.74, 6) is 0.132. The van der Waals surface area contributed by atoms with E-state index in [0.29, 0.717) is 28.5 Å². The van der Waals surface area contributed by atoms with Crippen LogP contribution in [0.2, 0.25) is 0 Å². The molecule has 0 aliphatic heterocycles. The number of carbonyl (C=O) groups is 1. The van der Waals surface area contributed by atoms with E-state index in [1.165, 1.54) is 0 Å². The van der Waals surface area contributed by atoms with Crippen LogP contribution in [0.4, 0.5) is 18.9 Å². The zero-order valence-electron chi connectivity index (χ0n) is 15.8. The van der Waals surface area contributed by atoms with Crippen molar-refractivity contribution in [1.82, 2.24) is 20.1 Å². The van der Waals surface area contributed by atoms with Crippen LogP contribution in [0.5, 0.6) is 0 Å². The van der Waals surface area contributed by atoms with Crippen molar-refractivity contribution in [3.05, 3.63) is 89.8 Å². The Kier molecular flexibility index (Phi) is 5.44. The third kappa shape index (κ3) is 4.74. The fourth-order valence-electron chi connectivity index (χ4n) is 2.79. The van der Waals surface area contributed by atoms with Gasteiger partial charge in [-0.2, -0.15) is 18.2 Å². The number of hydrogen-bond acceptors (Lipinski definition) is 6. The van der Waals surface area contributed by atoms with E-state index in [2.05, 4.69) is 25.4 Å². The third-order valence-electron chi connectivity index (χ3n) is 4.31. The zero-order valence-corrected chi connectivity index (χ0v) is 15.8. The summed E-state index contributed by atoms with van der Waals surface area (Å²) in [6.45, 7) is 0. The number of rotatable bonds is 5. The quantitative estimate of drug-likeness (QED) is 0.510. The first-order valence-electron chi connectivity index (χ1n) is 9.05. The van der Waals surface area contributed by atoms with Crippen LogP contribution in [0.3, 0.4) is 0 Å². The maximum absolute atomic E-state index is 12.7. The van der Waals surface area contributed by atoms with Gasteiger partial charge in [0.1, 0.15) is 5.69 Å². The van der Waals surface area contributed by atoms with Gasteiger partial charge < -0.3 is 9.84 Å². The molecular formula is C21H14F3N5O2. The van der Waals surface area contributed by atoms with E-state index >= 15 is 0 Å². The molecule has 0 bridgehead atoms. The molecule has 0 saturated heterocycles. The van der Waals surface area contributed by atoms with Crippen molar-refractivity contribution in [3.63, 3.8) is 0 Å². The van der Waals surface area contributed by atoms with Crippen LogP contribution in [-0.4, -0.2) is 26.0 Å². The summed E-state index contributed by atoms with van der Waals surface area (Å²) >= 11 is 0. The first-order valence-corrected chi connectivity index (χ1v) is 9.05. The molecule has 7 nitrogen and oxygen atoms in total. The summed E-state index contributed by atoms with van der Waals surface area (Å²) in [7, 11) is 0. The van der Waals surface area contributed by atoms with E-state index in [4.69, 9.17) is 4.52 Å². The Bertz CT molecular complexity index is 1190. The highest BCUT2D eigenvalue weighted by Crippen LogP contribution is 2.27. The predicted octanol–water partition coefficient (Wildman–Crippen LogP) is 4.39.